The van der Waals surface area contributed by atoms with Crippen molar-refractivity contribution in [3.05, 3.63) is 58.7 Å². The molecule has 8 heteroatoms. The van der Waals surface area contributed by atoms with Crippen molar-refractivity contribution in [2.75, 3.05) is 20.3 Å². The molecule has 2 aromatic rings. The summed E-state index contributed by atoms with van der Waals surface area (Å²) in [7, 11) is 1.45. The van der Waals surface area contributed by atoms with E-state index in [0.717, 1.165) is 11.6 Å². The van der Waals surface area contributed by atoms with E-state index in [1.807, 2.05) is 0 Å². The SMILES string of the molecule is COc1cc(C2OCCO2)ccc1OCc1ccc(CC(C)(C)O)cc1C(F)(F)F. The van der Waals surface area contributed by atoms with Gasteiger partial charge in [-0.25, -0.2) is 0 Å². The van der Waals surface area contributed by atoms with E-state index in [9.17, 15) is 18.3 Å². The Morgan fingerprint density at radius 1 is 1.03 bits per heavy atom. The van der Waals surface area contributed by atoms with Crippen LogP contribution in [-0.2, 0) is 28.7 Å². The van der Waals surface area contributed by atoms with Gasteiger partial charge in [-0.2, -0.15) is 13.2 Å². The highest BCUT2D eigenvalue weighted by Gasteiger charge is 2.34. The zero-order valence-corrected chi connectivity index (χ0v) is 17.1. The van der Waals surface area contributed by atoms with Crippen LogP contribution in [0.3, 0.4) is 0 Å². The number of hydrogen-bond acceptors (Lipinski definition) is 5. The molecule has 1 aliphatic rings. The topological polar surface area (TPSA) is 57.2 Å². The normalized spacial score (nSPS) is 15.4. The van der Waals surface area contributed by atoms with Crippen molar-refractivity contribution in [1.29, 1.82) is 0 Å². The van der Waals surface area contributed by atoms with Gasteiger partial charge in [0.05, 0.1) is 31.5 Å². The van der Waals surface area contributed by atoms with E-state index >= 15 is 0 Å². The van der Waals surface area contributed by atoms with Gasteiger partial charge in [0.15, 0.2) is 17.8 Å². The van der Waals surface area contributed by atoms with Gasteiger partial charge >= 0.3 is 6.18 Å². The van der Waals surface area contributed by atoms with Crippen molar-refractivity contribution in [1.82, 2.24) is 0 Å². The van der Waals surface area contributed by atoms with E-state index < -0.39 is 23.6 Å². The molecule has 5 nitrogen and oxygen atoms in total. The summed E-state index contributed by atoms with van der Waals surface area (Å²) in [4.78, 5) is 0. The van der Waals surface area contributed by atoms with Crippen molar-refractivity contribution >= 4 is 0 Å². The molecule has 30 heavy (non-hydrogen) atoms. The smallest absolute Gasteiger partial charge is 0.416 e. The van der Waals surface area contributed by atoms with Gasteiger partial charge in [0.25, 0.3) is 0 Å². The van der Waals surface area contributed by atoms with Crippen molar-refractivity contribution in [3.8, 4) is 11.5 Å². The number of alkyl halides is 3. The standard InChI is InChI=1S/C22H25F3O5/c1-21(2,26)12-14-4-5-16(17(10-14)22(23,24)25)13-30-18-7-6-15(11-19(18)27-3)20-28-8-9-29-20/h4-7,10-11,20,26H,8-9,12-13H2,1-3H3. The summed E-state index contributed by atoms with van der Waals surface area (Å²) in [6.07, 6.45) is -4.93. The largest absolute Gasteiger partial charge is 0.493 e. The lowest BCUT2D eigenvalue weighted by atomic mass is 9.95. The number of methoxy groups -OCH3 is 1. The van der Waals surface area contributed by atoms with Gasteiger partial charge in [-0.3, -0.25) is 0 Å². The third-order valence-corrected chi connectivity index (χ3v) is 4.58. The van der Waals surface area contributed by atoms with E-state index in [-0.39, 0.29) is 18.6 Å². The minimum Gasteiger partial charge on any atom is -0.493 e. The third kappa shape index (κ3) is 5.65. The van der Waals surface area contributed by atoms with Crippen LogP contribution >= 0.6 is 0 Å². The Hall–Kier alpha value is -2.29. The van der Waals surface area contributed by atoms with Crippen LogP contribution in [0.1, 0.15) is 42.4 Å². The highest BCUT2D eigenvalue weighted by Crippen LogP contribution is 2.36. The van der Waals surface area contributed by atoms with Crippen LogP contribution in [0.4, 0.5) is 13.2 Å². The molecule has 1 N–H and O–H groups in total. The Labute approximate surface area is 173 Å². The predicted molar refractivity (Wildman–Crippen MR) is 103 cm³/mol. The highest BCUT2D eigenvalue weighted by molar-refractivity contribution is 5.44. The number of benzene rings is 2. The summed E-state index contributed by atoms with van der Waals surface area (Å²) in [5.41, 5.74) is -0.758. The molecule has 1 aliphatic heterocycles. The van der Waals surface area contributed by atoms with E-state index in [1.165, 1.54) is 13.2 Å². The molecule has 1 fully saturated rings. The molecular formula is C22H25F3O5. The first-order valence-corrected chi connectivity index (χ1v) is 9.52. The average Bonchev–Trinajstić information content (AvgIpc) is 3.19. The van der Waals surface area contributed by atoms with Crippen LogP contribution in [0.25, 0.3) is 0 Å². The molecule has 1 heterocycles. The fraction of sp³-hybridized carbons (Fsp3) is 0.455. The monoisotopic (exact) mass is 426 g/mol. The van der Waals surface area contributed by atoms with Gasteiger partial charge in [-0.15, -0.1) is 0 Å². The Kier molecular flexibility index (Phi) is 6.59. The molecule has 2 aromatic carbocycles. The van der Waals surface area contributed by atoms with Crippen LogP contribution < -0.4 is 9.47 Å². The van der Waals surface area contributed by atoms with E-state index in [2.05, 4.69) is 0 Å². The molecule has 3 rings (SSSR count). The summed E-state index contributed by atoms with van der Waals surface area (Å²) in [6.45, 7) is 3.80. The molecule has 0 aliphatic carbocycles. The minimum absolute atomic E-state index is 0.00409. The van der Waals surface area contributed by atoms with Crippen LogP contribution in [-0.4, -0.2) is 31.0 Å². The fourth-order valence-electron chi connectivity index (χ4n) is 3.28. The second kappa shape index (κ2) is 8.83. The minimum atomic E-state index is -4.54. The van der Waals surface area contributed by atoms with Gasteiger partial charge in [0.2, 0.25) is 0 Å². The van der Waals surface area contributed by atoms with E-state index in [4.69, 9.17) is 18.9 Å². The Balaban J connectivity index is 1.80. The quantitative estimate of drug-likeness (QED) is 0.698. The van der Waals surface area contributed by atoms with Crippen molar-refractivity contribution in [2.45, 2.75) is 44.9 Å². The molecule has 0 atom stereocenters. The molecule has 1 saturated heterocycles. The Bertz CT molecular complexity index is 868. The van der Waals surface area contributed by atoms with Crippen molar-refractivity contribution < 1.29 is 37.2 Å². The van der Waals surface area contributed by atoms with Crippen LogP contribution in [0.15, 0.2) is 36.4 Å². The van der Waals surface area contributed by atoms with Gasteiger partial charge in [-0.05, 0) is 37.6 Å². The summed E-state index contributed by atoms with van der Waals surface area (Å²) >= 11 is 0. The van der Waals surface area contributed by atoms with E-state index in [0.29, 0.717) is 30.3 Å². The second-order valence-corrected chi connectivity index (χ2v) is 7.75. The van der Waals surface area contributed by atoms with Crippen molar-refractivity contribution in [3.63, 3.8) is 0 Å². The number of ether oxygens (including phenoxy) is 4. The number of aliphatic hydroxyl groups is 1. The lowest BCUT2D eigenvalue weighted by molar-refractivity contribution is -0.138. The predicted octanol–water partition coefficient (Wildman–Crippen LogP) is 4.65. The average molecular weight is 426 g/mol. The molecule has 0 radical (unpaired) electrons. The van der Waals surface area contributed by atoms with Crippen LogP contribution in [0.5, 0.6) is 11.5 Å². The second-order valence-electron chi connectivity index (χ2n) is 7.75. The zero-order valence-electron chi connectivity index (χ0n) is 17.1. The summed E-state index contributed by atoms with van der Waals surface area (Å²) in [5.74, 6) is 0.687. The fourth-order valence-corrected chi connectivity index (χ4v) is 3.28. The molecule has 0 amide bonds. The van der Waals surface area contributed by atoms with Crippen molar-refractivity contribution in [2.24, 2.45) is 0 Å². The molecular weight excluding hydrogens is 401 g/mol. The molecule has 0 spiro atoms. The molecule has 164 valence electrons. The summed E-state index contributed by atoms with van der Waals surface area (Å²) in [6, 6.07) is 9.04. The van der Waals surface area contributed by atoms with E-state index in [1.54, 1.807) is 38.1 Å². The molecule has 0 aromatic heterocycles. The molecule has 0 bridgehead atoms. The lowest BCUT2D eigenvalue weighted by Gasteiger charge is -2.20. The summed E-state index contributed by atoms with van der Waals surface area (Å²) < 4.78 is 62.6. The first-order chi connectivity index (χ1) is 14.1. The van der Waals surface area contributed by atoms with Crippen LogP contribution in [0, 0.1) is 0 Å². The van der Waals surface area contributed by atoms with Crippen LogP contribution in [0.2, 0.25) is 0 Å². The van der Waals surface area contributed by atoms with Gasteiger partial charge in [0.1, 0.15) is 6.61 Å². The number of rotatable bonds is 7. The van der Waals surface area contributed by atoms with Gasteiger partial charge in [0, 0.05) is 17.5 Å². The molecule has 0 unspecified atom stereocenters. The maximum atomic E-state index is 13.6. The van der Waals surface area contributed by atoms with Gasteiger partial charge in [-0.1, -0.05) is 18.2 Å². The Morgan fingerprint density at radius 3 is 2.33 bits per heavy atom. The maximum Gasteiger partial charge on any atom is 0.416 e. The lowest BCUT2D eigenvalue weighted by Crippen LogP contribution is -2.22. The summed E-state index contributed by atoms with van der Waals surface area (Å²) in [5, 5.41) is 9.91. The highest BCUT2D eigenvalue weighted by atomic mass is 19.4. The third-order valence-electron chi connectivity index (χ3n) is 4.58. The van der Waals surface area contributed by atoms with Gasteiger partial charge < -0.3 is 24.1 Å². The molecule has 0 saturated carbocycles. The maximum absolute atomic E-state index is 13.6. The number of hydrogen-bond donors (Lipinski definition) is 1. The Morgan fingerprint density at radius 2 is 1.73 bits per heavy atom. The first-order valence-electron chi connectivity index (χ1n) is 9.52. The first kappa shape index (κ1) is 22.4. The zero-order chi connectivity index (χ0) is 21.9. The number of halogens is 3.